The van der Waals surface area contributed by atoms with Gasteiger partial charge in [0.25, 0.3) is 11.8 Å². The highest BCUT2D eigenvalue weighted by molar-refractivity contribution is 5.99. The summed E-state index contributed by atoms with van der Waals surface area (Å²) in [5.41, 5.74) is 2.62. The first-order chi connectivity index (χ1) is 20.7. The summed E-state index contributed by atoms with van der Waals surface area (Å²) in [7, 11) is 0. The van der Waals surface area contributed by atoms with Crippen molar-refractivity contribution < 1.29 is 27.6 Å². The molecule has 0 saturated carbocycles. The van der Waals surface area contributed by atoms with Gasteiger partial charge in [0, 0.05) is 55.2 Å². The van der Waals surface area contributed by atoms with Crippen molar-refractivity contribution in [3.05, 3.63) is 131 Å². The molecule has 4 aromatic carbocycles. The Kier molecular flexibility index (Phi) is 9.05. The van der Waals surface area contributed by atoms with Gasteiger partial charge < -0.3 is 20.0 Å². The first kappa shape index (κ1) is 29.4. The van der Waals surface area contributed by atoms with Crippen LogP contribution in [0.1, 0.15) is 26.3 Å². The second-order valence-corrected chi connectivity index (χ2v) is 10.2. The quantitative estimate of drug-likeness (QED) is 0.302. The molecule has 3 amide bonds. The van der Waals surface area contributed by atoms with Gasteiger partial charge in [0.1, 0.15) is 24.0 Å². The summed E-state index contributed by atoms with van der Waals surface area (Å²) in [4.78, 5) is 44.0. The van der Waals surface area contributed by atoms with E-state index >= 15 is 0 Å². The van der Waals surface area contributed by atoms with E-state index in [1.54, 1.807) is 23.1 Å². The number of hydrogen-bond acceptors (Lipinski definition) is 4. The van der Waals surface area contributed by atoms with Crippen molar-refractivity contribution in [3.63, 3.8) is 0 Å². The summed E-state index contributed by atoms with van der Waals surface area (Å²) in [6, 6.07) is 23.6. The molecule has 1 saturated heterocycles. The number of carbonyl (C=O) groups excluding carboxylic acids is 3. The maximum atomic E-state index is 13.5. The first-order valence-electron chi connectivity index (χ1n) is 13.7. The first-order valence-corrected chi connectivity index (χ1v) is 13.7. The number of hydrogen-bond donors (Lipinski definition) is 1. The van der Waals surface area contributed by atoms with Crippen molar-refractivity contribution in [3.8, 4) is 0 Å². The SMILES string of the molecule is O=C(CN(Cc1ccc(F)cc1)C(=O)c1ccc(F)cc1)Nc1ccc(N2CCN(C(=O)c3cccc(F)c3)CC2)cc1. The van der Waals surface area contributed by atoms with E-state index in [4.69, 9.17) is 0 Å². The molecule has 43 heavy (non-hydrogen) atoms. The largest absolute Gasteiger partial charge is 0.368 e. The molecule has 0 bridgehead atoms. The lowest BCUT2D eigenvalue weighted by molar-refractivity contribution is -0.117. The molecule has 4 aromatic rings. The van der Waals surface area contributed by atoms with Gasteiger partial charge >= 0.3 is 0 Å². The van der Waals surface area contributed by atoms with Crippen LogP contribution in [0.3, 0.4) is 0 Å². The molecule has 0 aliphatic carbocycles. The van der Waals surface area contributed by atoms with Crippen LogP contribution >= 0.6 is 0 Å². The van der Waals surface area contributed by atoms with Gasteiger partial charge in [0.2, 0.25) is 5.91 Å². The van der Waals surface area contributed by atoms with E-state index < -0.39 is 29.3 Å². The number of carbonyl (C=O) groups is 3. The molecule has 1 aliphatic heterocycles. The van der Waals surface area contributed by atoms with Crippen LogP contribution in [0, 0.1) is 17.5 Å². The third-order valence-electron chi connectivity index (χ3n) is 7.15. The molecule has 7 nitrogen and oxygen atoms in total. The van der Waals surface area contributed by atoms with Gasteiger partial charge in [-0.1, -0.05) is 18.2 Å². The Morgan fingerprint density at radius 2 is 1.33 bits per heavy atom. The summed E-state index contributed by atoms with van der Waals surface area (Å²) in [5.74, 6) is -2.46. The van der Waals surface area contributed by atoms with Gasteiger partial charge in [-0.25, -0.2) is 13.2 Å². The Balaban J connectivity index is 1.19. The van der Waals surface area contributed by atoms with E-state index in [2.05, 4.69) is 10.2 Å². The Morgan fingerprint density at radius 3 is 1.95 bits per heavy atom. The molecule has 0 spiro atoms. The molecule has 1 N–H and O–H groups in total. The summed E-state index contributed by atoms with van der Waals surface area (Å²) in [6.45, 7) is 1.93. The Bertz CT molecular complexity index is 1590. The minimum Gasteiger partial charge on any atom is -0.368 e. The Hall–Kier alpha value is -5.12. The summed E-state index contributed by atoms with van der Waals surface area (Å²) in [6.07, 6.45) is 0. The van der Waals surface area contributed by atoms with E-state index in [-0.39, 0.29) is 24.6 Å². The highest BCUT2D eigenvalue weighted by Crippen LogP contribution is 2.21. The van der Waals surface area contributed by atoms with Crippen LogP contribution in [0.2, 0.25) is 0 Å². The summed E-state index contributed by atoms with van der Waals surface area (Å²) < 4.78 is 40.3. The van der Waals surface area contributed by atoms with Crippen molar-refractivity contribution >= 4 is 29.1 Å². The molecule has 0 aromatic heterocycles. The summed E-state index contributed by atoms with van der Waals surface area (Å²) >= 11 is 0. The molecule has 0 atom stereocenters. The molecule has 1 aliphatic rings. The number of nitrogens with zero attached hydrogens (tertiary/aromatic N) is 3. The third kappa shape index (κ3) is 7.59. The average molecular weight is 587 g/mol. The van der Waals surface area contributed by atoms with E-state index in [9.17, 15) is 27.6 Å². The van der Waals surface area contributed by atoms with Gasteiger partial charge in [-0.3, -0.25) is 14.4 Å². The zero-order valence-electron chi connectivity index (χ0n) is 23.2. The number of anilines is 2. The van der Waals surface area contributed by atoms with Gasteiger partial charge in [-0.15, -0.1) is 0 Å². The predicted molar refractivity (Wildman–Crippen MR) is 157 cm³/mol. The molecular formula is C33H29F3N4O3. The second kappa shape index (κ2) is 13.2. The molecule has 1 heterocycles. The van der Waals surface area contributed by atoms with Crippen LogP contribution < -0.4 is 10.2 Å². The zero-order valence-corrected chi connectivity index (χ0v) is 23.2. The third-order valence-corrected chi connectivity index (χ3v) is 7.15. The predicted octanol–water partition coefficient (Wildman–Crippen LogP) is 5.35. The van der Waals surface area contributed by atoms with Gasteiger partial charge in [0.05, 0.1) is 0 Å². The van der Waals surface area contributed by atoms with Crippen molar-refractivity contribution in [1.82, 2.24) is 9.80 Å². The monoisotopic (exact) mass is 586 g/mol. The molecule has 10 heteroatoms. The van der Waals surface area contributed by atoms with E-state index in [0.717, 1.165) is 5.69 Å². The fourth-order valence-electron chi connectivity index (χ4n) is 4.89. The van der Waals surface area contributed by atoms with Crippen LogP contribution in [-0.4, -0.2) is 60.2 Å². The van der Waals surface area contributed by atoms with Gasteiger partial charge in [0.15, 0.2) is 0 Å². The molecule has 5 rings (SSSR count). The molecular weight excluding hydrogens is 557 g/mol. The summed E-state index contributed by atoms with van der Waals surface area (Å²) in [5, 5.41) is 2.80. The van der Waals surface area contributed by atoms with Crippen LogP contribution in [0.25, 0.3) is 0 Å². The normalized spacial score (nSPS) is 13.0. The topological polar surface area (TPSA) is 73.0 Å². The van der Waals surface area contributed by atoms with Crippen LogP contribution in [0.5, 0.6) is 0 Å². The van der Waals surface area contributed by atoms with Crippen LogP contribution in [0.15, 0.2) is 97.1 Å². The second-order valence-electron chi connectivity index (χ2n) is 10.2. The standard InChI is InChI=1S/C33H29F3N4O3/c34-26-8-4-23(5-9-26)21-40(32(42)24-6-10-27(35)11-7-24)22-31(41)37-29-12-14-30(15-13-29)38-16-18-39(19-17-38)33(43)25-2-1-3-28(36)20-25/h1-15,20H,16-19,21-22H2,(H,37,41). The van der Waals surface area contributed by atoms with Crippen molar-refractivity contribution in [2.75, 3.05) is 42.9 Å². The Morgan fingerprint density at radius 1 is 0.698 bits per heavy atom. The van der Waals surface area contributed by atoms with Gasteiger partial charge in [-0.2, -0.15) is 0 Å². The van der Waals surface area contributed by atoms with Crippen LogP contribution in [-0.2, 0) is 11.3 Å². The molecule has 0 unspecified atom stereocenters. The number of halogens is 3. The van der Waals surface area contributed by atoms with E-state index in [1.807, 2.05) is 12.1 Å². The highest BCUT2D eigenvalue weighted by Gasteiger charge is 2.23. The fourth-order valence-corrected chi connectivity index (χ4v) is 4.89. The zero-order chi connectivity index (χ0) is 30.3. The number of piperazine rings is 1. The van der Waals surface area contributed by atoms with E-state index in [0.29, 0.717) is 43.0 Å². The number of rotatable bonds is 8. The maximum absolute atomic E-state index is 13.5. The molecule has 220 valence electrons. The van der Waals surface area contributed by atoms with Crippen molar-refractivity contribution in [1.29, 1.82) is 0 Å². The van der Waals surface area contributed by atoms with Crippen LogP contribution in [0.4, 0.5) is 24.5 Å². The fraction of sp³-hybridized carbons (Fsp3) is 0.182. The Labute approximate surface area is 247 Å². The number of amides is 3. The average Bonchev–Trinajstić information content (AvgIpc) is 3.02. The minimum atomic E-state index is -0.484. The van der Waals surface area contributed by atoms with E-state index in [1.165, 1.54) is 71.6 Å². The number of nitrogens with one attached hydrogen (secondary N) is 1. The van der Waals surface area contributed by atoms with Crippen molar-refractivity contribution in [2.45, 2.75) is 6.54 Å². The van der Waals surface area contributed by atoms with Gasteiger partial charge in [-0.05, 0) is 84.4 Å². The minimum absolute atomic E-state index is 0.0521. The maximum Gasteiger partial charge on any atom is 0.254 e. The number of benzene rings is 4. The lowest BCUT2D eigenvalue weighted by Crippen LogP contribution is -2.48. The van der Waals surface area contributed by atoms with Crippen molar-refractivity contribution in [2.24, 2.45) is 0 Å². The molecule has 0 radical (unpaired) electrons. The lowest BCUT2D eigenvalue weighted by atomic mass is 10.1. The molecule has 1 fully saturated rings. The highest BCUT2D eigenvalue weighted by atomic mass is 19.1. The smallest absolute Gasteiger partial charge is 0.254 e. The lowest BCUT2D eigenvalue weighted by Gasteiger charge is -2.36.